The van der Waals surface area contributed by atoms with Gasteiger partial charge in [-0.05, 0) is 32.1 Å². The predicted octanol–water partition coefficient (Wildman–Crippen LogP) is 3.22. The van der Waals surface area contributed by atoms with E-state index < -0.39 is 0 Å². The summed E-state index contributed by atoms with van der Waals surface area (Å²) in [6.07, 6.45) is 10.6. The van der Waals surface area contributed by atoms with E-state index >= 15 is 0 Å². The van der Waals surface area contributed by atoms with Crippen LogP contribution in [0, 0.1) is 5.92 Å². The fourth-order valence-electron chi connectivity index (χ4n) is 4.71. The fourth-order valence-corrected chi connectivity index (χ4v) is 5.62. The lowest BCUT2D eigenvalue weighted by molar-refractivity contribution is -0.127. The van der Waals surface area contributed by atoms with Crippen molar-refractivity contribution in [3.8, 4) is 0 Å². The van der Waals surface area contributed by atoms with Crippen LogP contribution in [0.2, 0.25) is 0 Å². The van der Waals surface area contributed by atoms with Crippen LogP contribution in [0.1, 0.15) is 57.8 Å². The van der Waals surface area contributed by atoms with Crippen LogP contribution in [-0.4, -0.2) is 53.5 Å². The summed E-state index contributed by atoms with van der Waals surface area (Å²) in [5.74, 6) is 2.90. The monoisotopic (exact) mass is 411 g/mol. The standard InChI is InChI=1S/C18H33N3OS.2ClH/c19-16-6-4-5-15(13-16)17(22)20-14-18(7-2-1-3-8-18)21-9-11-23-12-10-21;;/h15-16H,1-14,19H2,(H,20,22);2*1H. The first-order valence-corrected chi connectivity index (χ1v) is 10.7. The smallest absolute Gasteiger partial charge is 0.223 e. The molecule has 3 N–H and O–H groups in total. The Morgan fingerprint density at radius 2 is 1.76 bits per heavy atom. The van der Waals surface area contributed by atoms with Crippen LogP contribution in [0.4, 0.5) is 0 Å². The van der Waals surface area contributed by atoms with Gasteiger partial charge in [0, 0.05) is 48.6 Å². The van der Waals surface area contributed by atoms with Crippen molar-refractivity contribution in [3.63, 3.8) is 0 Å². The third-order valence-corrected chi connectivity index (χ3v) is 7.09. The van der Waals surface area contributed by atoms with Gasteiger partial charge in [0.25, 0.3) is 0 Å². The van der Waals surface area contributed by atoms with Gasteiger partial charge in [0.15, 0.2) is 0 Å². The molecule has 1 amide bonds. The molecule has 4 nitrogen and oxygen atoms in total. The van der Waals surface area contributed by atoms with Gasteiger partial charge in [-0.25, -0.2) is 0 Å². The van der Waals surface area contributed by atoms with E-state index in [1.54, 1.807) is 0 Å². The van der Waals surface area contributed by atoms with Crippen molar-refractivity contribution in [1.82, 2.24) is 10.2 Å². The minimum atomic E-state index is 0. The summed E-state index contributed by atoms with van der Waals surface area (Å²) >= 11 is 2.07. The number of carbonyl (C=O) groups is 1. The van der Waals surface area contributed by atoms with E-state index in [2.05, 4.69) is 22.0 Å². The summed E-state index contributed by atoms with van der Waals surface area (Å²) < 4.78 is 0. The molecule has 25 heavy (non-hydrogen) atoms. The molecule has 0 aromatic heterocycles. The van der Waals surface area contributed by atoms with E-state index in [0.29, 0.717) is 0 Å². The van der Waals surface area contributed by atoms with Gasteiger partial charge >= 0.3 is 0 Å². The van der Waals surface area contributed by atoms with Gasteiger partial charge in [0.05, 0.1) is 0 Å². The quantitative estimate of drug-likeness (QED) is 0.745. The maximum atomic E-state index is 12.6. The largest absolute Gasteiger partial charge is 0.354 e. The molecule has 3 fully saturated rings. The molecule has 3 rings (SSSR count). The number of carbonyl (C=O) groups excluding carboxylic acids is 1. The summed E-state index contributed by atoms with van der Waals surface area (Å²) in [6.45, 7) is 3.23. The van der Waals surface area contributed by atoms with Gasteiger partial charge in [-0.2, -0.15) is 11.8 Å². The second-order valence-corrected chi connectivity index (χ2v) is 8.95. The highest BCUT2D eigenvalue weighted by Gasteiger charge is 2.39. The second kappa shape index (κ2) is 11.2. The Hall–Kier alpha value is 0.320. The van der Waals surface area contributed by atoms with Gasteiger partial charge in [0.1, 0.15) is 0 Å². The molecule has 148 valence electrons. The predicted molar refractivity (Wildman–Crippen MR) is 112 cm³/mol. The van der Waals surface area contributed by atoms with Gasteiger partial charge in [-0.3, -0.25) is 9.69 Å². The number of nitrogens with two attached hydrogens (primary N) is 1. The van der Waals surface area contributed by atoms with Crippen molar-refractivity contribution < 1.29 is 4.79 Å². The Bertz CT molecular complexity index is 402. The highest BCUT2D eigenvalue weighted by molar-refractivity contribution is 7.99. The fraction of sp³-hybridized carbons (Fsp3) is 0.944. The maximum absolute atomic E-state index is 12.6. The molecule has 2 atom stereocenters. The Labute approximate surface area is 169 Å². The topological polar surface area (TPSA) is 58.4 Å². The lowest BCUT2D eigenvalue weighted by atomic mass is 9.79. The highest BCUT2D eigenvalue weighted by atomic mass is 35.5. The number of nitrogens with zero attached hydrogens (tertiary/aromatic N) is 1. The molecule has 0 aromatic rings. The van der Waals surface area contributed by atoms with Crippen LogP contribution in [0.15, 0.2) is 0 Å². The molecule has 2 unspecified atom stereocenters. The molecular formula is C18H35Cl2N3OS. The van der Waals surface area contributed by atoms with Crippen molar-refractivity contribution in [3.05, 3.63) is 0 Å². The maximum Gasteiger partial charge on any atom is 0.223 e. The lowest BCUT2D eigenvalue weighted by Gasteiger charge is -2.48. The Balaban J connectivity index is 0.00000156. The number of rotatable bonds is 4. The van der Waals surface area contributed by atoms with Crippen molar-refractivity contribution in [1.29, 1.82) is 0 Å². The van der Waals surface area contributed by atoms with Crippen molar-refractivity contribution in [2.24, 2.45) is 11.7 Å². The molecule has 1 heterocycles. The zero-order chi connectivity index (χ0) is 16.1. The summed E-state index contributed by atoms with van der Waals surface area (Å²) in [4.78, 5) is 15.3. The summed E-state index contributed by atoms with van der Waals surface area (Å²) in [5, 5.41) is 3.34. The van der Waals surface area contributed by atoms with Crippen LogP contribution < -0.4 is 11.1 Å². The molecule has 7 heteroatoms. The summed E-state index contributed by atoms with van der Waals surface area (Å²) in [6, 6.07) is 0.224. The first-order valence-electron chi connectivity index (χ1n) is 9.56. The lowest BCUT2D eigenvalue weighted by Crippen LogP contribution is -2.59. The Morgan fingerprint density at radius 3 is 2.40 bits per heavy atom. The van der Waals surface area contributed by atoms with E-state index in [9.17, 15) is 4.79 Å². The van der Waals surface area contributed by atoms with Crippen LogP contribution in [0.5, 0.6) is 0 Å². The highest BCUT2D eigenvalue weighted by Crippen LogP contribution is 2.35. The van der Waals surface area contributed by atoms with Gasteiger partial charge < -0.3 is 11.1 Å². The Kier molecular flexibility index (Phi) is 10.5. The van der Waals surface area contributed by atoms with Crippen LogP contribution in [-0.2, 0) is 4.79 Å². The number of hydrogen-bond donors (Lipinski definition) is 2. The van der Waals surface area contributed by atoms with E-state index in [1.165, 1.54) is 56.7 Å². The van der Waals surface area contributed by atoms with E-state index in [-0.39, 0.29) is 48.2 Å². The number of hydrogen-bond acceptors (Lipinski definition) is 4. The molecule has 2 saturated carbocycles. The average Bonchev–Trinajstić information content (AvgIpc) is 2.61. The molecule has 0 aromatic carbocycles. The van der Waals surface area contributed by atoms with E-state index in [4.69, 9.17) is 5.73 Å². The Morgan fingerprint density at radius 1 is 1.08 bits per heavy atom. The van der Waals surface area contributed by atoms with Crippen molar-refractivity contribution in [2.75, 3.05) is 31.1 Å². The third kappa shape index (κ3) is 6.17. The van der Waals surface area contributed by atoms with Crippen LogP contribution in [0.25, 0.3) is 0 Å². The number of thioether (sulfide) groups is 1. The minimum Gasteiger partial charge on any atom is -0.354 e. The van der Waals surface area contributed by atoms with Crippen molar-refractivity contribution in [2.45, 2.75) is 69.4 Å². The van der Waals surface area contributed by atoms with Gasteiger partial charge in [-0.15, -0.1) is 24.8 Å². The van der Waals surface area contributed by atoms with E-state index in [1.807, 2.05) is 0 Å². The van der Waals surface area contributed by atoms with Gasteiger partial charge in [-0.1, -0.05) is 25.7 Å². The normalized spacial score (nSPS) is 29.8. The molecule has 0 radical (unpaired) electrons. The SMILES string of the molecule is Cl.Cl.NC1CCCC(C(=O)NCC2(N3CCSCC3)CCCCC2)C1. The molecule has 1 saturated heterocycles. The summed E-state index contributed by atoms with van der Waals surface area (Å²) in [7, 11) is 0. The first kappa shape index (κ1) is 23.4. The number of halogens is 2. The molecule has 0 spiro atoms. The molecule has 2 aliphatic carbocycles. The third-order valence-electron chi connectivity index (χ3n) is 6.14. The molecule has 0 bridgehead atoms. The number of amides is 1. The van der Waals surface area contributed by atoms with Crippen LogP contribution in [0.3, 0.4) is 0 Å². The molecule has 1 aliphatic heterocycles. The van der Waals surface area contributed by atoms with Crippen molar-refractivity contribution >= 4 is 42.5 Å². The minimum absolute atomic E-state index is 0. The zero-order valence-corrected chi connectivity index (χ0v) is 17.7. The first-order chi connectivity index (χ1) is 11.2. The summed E-state index contributed by atoms with van der Waals surface area (Å²) in [5.41, 5.74) is 6.28. The zero-order valence-electron chi connectivity index (χ0n) is 15.2. The van der Waals surface area contributed by atoms with Gasteiger partial charge in [0.2, 0.25) is 5.91 Å². The van der Waals surface area contributed by atoms with E-state index in [0.717, 1.165) is 32.2 Å². The molecular weight excluding hydrogens is 377 g/mol. The number of nitrogens with one attached hydrogen (secondary N) is 1. The second-order valence-electron chi connectivity index (χ2n) is 7.73. The average molecular weight is 412 g/mol. The molecule has 3 aliphatic rings. The van der Waals surface area contributed by atoms with Crippen LogP contribution >= 0.6 is 36.6 Å².